The van der Waals surface area contributed by atoms with Crippen LogP contribution in [-0.4, -0.2) is 127 Å². The smallest absolute Gasteiger partial charge is 0.408 e. The maximum atomic E-state index is 14.9. The van der Waals surface area contributed by atoms with Crippen LogP contribution in [0.15, 0.2) is 60.7 Å². The number of aliphatic carboxylic acids is 1. The molecule has 346 valence electrons. The molecule has 0 aliphatic carbocycles. The molecular weight excluding hydrogens is 836 g/mol. The second kappa shape index (κ2) is 21.4. The third kappa shape index (κ3) is 13.3. The number of alkyl carbamates (subject to hydrolysis) is 1. The van der Waals surface area contributed by atoms with Crippen LogP contribution in [0.4, 0.5) is 9.18 Å². The van der Waals surface area contributed by atoms with Gasteiger partial charge >= 0.3 is 12.1 Å². The zero-order chi connectivity index (χ0) is 47.6. The van der Waals surface area contributed by atoms with Crippen LogP contribution in [0, 0.1) is 5.82 Å². The molecule has 0 spiro atoms. The maximum Gasteiger partial charge on any atom is 0.408 e. The van der Waals surface area contributed by atoms with Crippen molar-refractivity contribution >= 4 is 41.6 Å². The van der Waals surface area contributed by atoms with Crippen molar-refractivity contribution in [1.82, 2.24) is 31.1 Å². The molecule has 0 aromatic heterocycles. The number of benzene rings is 3. The highest BCUT2D eigenvalue weighted by Crippen LogP contribution is 2.33. The van der Waals surface area contributed by atoms with Crippen molar-refractivity contribution in [2.75, 3.05) is 28.3 Å². The first-order chi connectivity index (χ1) is 30.0. The van der Waals surface area contributed by atoms with Crippen molar-refractivity contribution in [2.24, 2.45) is 0 Å². The number of fused-ring (bicyclic) bond motifs is 7. The topological polar surface area (TPSA) is 231 Å². The van der Waals surface area contributed by atoms with Crippen molar-refractivity contribution in [2.45, 2.75) is 103 Å². The van der Waals surface area contributed by atoms with E-state index in [2.05, 4.69) is 21.3 Å². The van der Waals surface area contributed by atoms with E-state index in [0.29, 0.717) is 28.4 Å². The van der Waals surface area contributed by atoms with E-state index in [-0.39, 0.29) is 30.6 Å². The number of halogens is 1. The number of hydrogen-bond donors (Lipinski definition) is 5. The van der Waals surface area contributed by atoms with Gasteiger partial charge in [0.05, 0.1) is 14.2 Å². The fraction of sp³-hybridized carbons (Fsp3) is 0.444. The summed E-state index contributed by atoms with van der Waals surface area (Å²) in [6.07, 6.45) is -1.29. The molecule has 0 saturated heterocycles. The molecule has 2 heterocycles. The van der Waals surface area contributed by atoms with Gasteiger partial charge in [-0.2, -0.15) is 0 Å². The van der Waals surface area contributed by atoms with E-state index >= 15 is 0 Å². The van der Waals surface area contributed by atoms with E-state index in [4.69, 9.17) is 18.9 Å². The highest BCUT2D eigenvalue weighted by molar-refractivity contribution is 5.96. The van der Waals surface area contributed by atoms with Gasteiger partial charge in [-0.25, -0.2) is 14.0 Å². The first-order valence-electron chi connectivity index (χ1n) is 20.4. The molecule has 2 aliphatic rings. The van der Waals surface area contributed by atoms with Crippen LogP contribution in [0.2, 0.25) is 0 Å². The Kier molecular flexibility index (Phi) is 16.7. The Balaban J connectivity index is 1.57. The molecule has 5 N–H and O–H groups in total. The summed E-state index contributed by atoms with van der Waals surface area (Å²) in [6.45, 7) is 9.10. The number of nitrogens with one attached hydrogen (secondary N) is 4. The highest BCUT2D eigenvalue weighted by atomic mass is 19.1. The summed E-state index contributed by atoms with van der Waals surface area (Å²) in [5, 5.41) is 20.2. The standard InChI is InChI=1S/C45H57FN6O12/c1-24(49-44(60)64-45(4,5)6)38(53)47-25(2)41(56)52(8)34(22-28-13-17-35(61-9)31(46)19-28)39(54)48-26(3)42(57)51(7)33-21-27-11-15-30(16-12-27)63-37-23-29(14-18-36(37)62-10)20-32(43(58)59)50-40(33)55/h11-19,23-26,32-34H,20-22H2,1-10H3,(H,47,53)(H,48,54)(H,49,60)(H,50,55)(H,58,59)/t24-,25+,26+,32+,33+,34+/m1/s1. The molecule has 3 aromatic rings. The monoisotopic (exact) mass is 892 g/mol. The van der Waals surface area contributed by atoms with E-state index in [1.165, 1.54) is 61.2 Å². The van der Waals surface area contributed by atoms with E-state index in [1.54, 1.807) is 63.2 Å². The maximum absolute atomic E-state index is 14.9. The minimum atomic E-state index is -1.41. The van der Waals surface area contributed by atoms with E-state index in [1.807, 2.05) is 0 Å². The number of methoxy groups -OCH3 is 2. The Bertz CT molecular complexity index is 2210. The first-order valence-corrected chi connectivity index (χ1v) is 20.4. The Hall–Kier alpha value is -6.92. The van der Waals surface area contributed by atoms with Crippen LogP contribution in [0.1, 0.15) is 58.2 Å². The number of ether oxygens (including phenoxy) is 4. The normalized spacial score (nSPS) is 16.8. The second-order valence-electron chi connectivity index (χ2n) is 16.5. The molecule has 2 aliphatic heterocycles. The minimum Gasteiger partial charge on any atom is -0.494 e. The summed E-state index contributed by atoms with van der Waals surface area (Å²) in [5.74, 6) is -4.74. The number of nitrogens with zero attached hydrogens (tertiary/aromatic N) is 2. The predicted octanol–water partition coefficient (Wildman–Crippen LogP) is 3.12. The number of carboxylic acids is 1. The molecule has 19 heteroatoms. The van der Waals surface area contributed by atoms with Crippen molar-refractivity contribution < 1.29 is 62.0 Å². The van der Waals surface area contributed by atoms with Crippen molar-refractivity contribution in [3.8, 4) is 23.0 Å². The van der Waals surface area contributed by atoms with E-state index in [9.17, 15) is 43.1 Å². The lowest BCUT2D eigenvalue weighted by atomic mass is 10.0. The average molecular weight is 893 g/mol. The SMILES string of the molecule is COc1ccc(C[C@@H](C(=O)N[C@@H](C)C(=O)N(C)[C@H]2Cc3ccc(cc3)Oc3cc(ccc3OC)C[C@@H](C(=O)O)NC2=O)N(C)C(=O)[C@H](C)NC(=O)[C@@H](C)NC(=O)OC(C)(C)C)cc1F. The summed E-state index contributed by atoms with van der Waals surface area (Å²) in [6, 6.07) is 7.88. The number of rotatable bonds is 14. The summed E-state index contributed by atoms with van der Waals surface area (Å²) in [7, 11) is 5.41. The van der Waals surface area contributed by atoms with Gasteiger partial charge in [-0.05, 0) is 94.6 Å². The average Bonchev–Trinajstić information content (AvgIpc) is 3.22. The lowest BCUT2D eigenvalue weighted by Crippen LogP contribution is -2.59. The number of hydrogen-bond acceptors (Lipinski definition) is 11. The molecule has 5 rings (SSSR count). The fourth-order valence-corrected chi connectivity index (χ4v) is 6.79. The number of likely N-dealkylation sites (N-methyl/N-ethyl adjacent to an activating group) is 2. The van der Waals surface area contributed by atoms with Gasteiger partial charge in [-0.3, -0.25) is 24.0 Å². The van der Waals surface area contributed by atoms with Gasteiger partial charge in [0.1, 0.15) is 47.6 Å². The predicted molar refractivity (Wildman–Crippen MR) is 230 cm³/mol. The largest absolute Gasteiger partial charge is 0.494 e. The quantitative estimate of drug-likeness (QED) is 0.157. The second-order valence-corrected chi connectivity index (χ2v) is 16.5. The van der Waals surface area contributed by atoms with Crippen LogP contribution in [0.3, 0.4) is 0 Å². The van der Waals surface area contributed by atoms with Gasteiger partial charge in [0, 0.05) is 33.4 Å². The van der Waals surface area contributed by atoms with Crippen LogP contribution in [0.25, 0.3) is 0 Å². The summed E-state index contributed by atoms with van der Waals surface area (Å²) >= 11 is 0. The summed E-state index contributed by atoms with van der Waals surface area (Å²) in [4.78, 5) is 96.0. The van der Waals surface area contributed by atoms with E-state index < -0.39 is 89.3 Å². The van der Waals surface area contributed by atoms with Crippen molar-refractivity contribution in [3.63, 3.8) is 0 Å². The zero-order valence-electron chi connectivity index (χ0n) is 37.6. The van der Waals surface area contributed by atoms with Gasteiger partial charge in [-0.15, -0.1) is 0 Å². The van der Waals surface area contributed by atoms with Gasteiger partial charge in [0.25, 0.3) is 0 Å². The number of carbonyl (C=O) groups is 7. The molecule has 64 heavy (non-hydrogen) atoms. The molecule has 0 unspecified atom stereocenters. The Morgan fingerprint density at radius 2 is 1.41 bits per heavy atom. The van der Waals surface area contributed by atoms with Crippen LogP contribution in [-0.2, 0) is 52.8 Å². The van der Waals surface area contributed by atoms with Crippen molar-refractivity contribution in [3.05, 3.63) is 83.2 Å². The molecule has 0 radical (unpaired) electrons. The van der Waals surface area contributed by atoms with Gasteiger partial charge in [0.15, 0.2) is 23.1 Å². The van der Waals surface area contributed by atoms with Gasteiger partial charge in [-0.1, -0.05) is 24.3 Å². The fourth-order valence-electron chi connectivity index (χ4n) is 6.79. The van der Waals surface area contributed by atoms with Crippen LogP contribution in [0.5, 0.6) is 23.0 Å². The molecule has 18 nitrogen and oxygen atoms in total. The van der Waals surface area contributed by atoms with Crippen LogP contribution < -0.4 is 35.5 Å². The summed E-state index contributed by atoms with van der Waals surface area (Å²) in [5.41, 5.74) is 0.572. The minimum absolute atomic E-state index is 0.0579. The Morgan fingerprint density at radius 3 is 2.00 bits per heavy atom. The van der Waals surface area contributed by atoms with Crippen molar-refractivity contribution in [1.29, 1.82) is 0 Å². The Labute approximate surface area is 371 Å². The third-order valence-electron chi connectivity index (χ3n) is 10.3. The van der Waals surface area contributed by atoms with Crippen LogP contribution >= 0.6 is 0 Å². The zero-order valence-corrected chi connectivity index (χ0v) is 37.6. The molecule has 3 aromatic carbocycles. The van der Waals surface area contributed by atoms with Gasteiger partial charge in [0.2, 0.25) is 29.5 Å². The lowest BCUT2D eigenvalue weighted by molar-refractivity contribution is -0.146. The highest BCUT2D eigenvalue weighted by Gasteiger charge is 2.36. The van der Waals surface area contributed by atoms with Gasteiger partial charge < -0.3 is 55.1 Å². The molecule has 0 fully saturated rings. The Morgan fingerprint density at radius 1 is 0.812 bits per heavy atom. The number of carboxylic acid groups (broad SMARTS) is 1. The molecule has 4 bridgehead atoms. The third-order valence-corrected chi connectivity index (χ3v) is 10.3. The molecule has 0 saturated carbocycles. The van der Waals surface area contributed by atoms with E-state index in [0.717, 1.165) is 15.9 Å². The molecular formula is C45H57FN6O12. The number of carbonyl (C=O) groups excluding carboxylic acids is 6. The lowest BCUT2D eigenvalue weighted by Gasteiger charge is -2.33. The summed E-state index contributed by atoms with van der Waals surface area (Å²) < 4.78 is 36.5. The number of amides is 6. The molecule has 6 amide bonds. The molecule has 6 atom stereocenters. The first kappa shape index (κ1) is 49.7.